The Morgan fingerprint density at radius 1 is 1.14 bits per heavy atom. The predicted molar refractivity (Wildman–Crippen MR) is 106 cm³/mol. The van der Waals surface area contributed by atoms with E-state index in [1.165, 1.54) is 0 Å². The van der Waals surface area contributed by atoms with Crippen molar-refractivity contribution in [2.24, 2.45) is 5.92 Å². The zero-order valence-corrected chi connectivity index (χ0v) is 16.0. The maximum absolute atomic E-state index is 12.3. The highest BCUT2D eigenvalue weighted by atomic mass is 16.5. The molecule has 0 unspecified atom stereocenters. The quantitative estimate of drug-likeness (QED) is 0.636. The van der Waals surface area contributed by atoms with E-state index < -0.39 is 0 Å². The Bertz CT molecular complexity index is 918. The molecule has 1 amide bonds. The van der Waals surface area contributed by atoms with Gasteiger partial charge in [0.05, 0.1) is 6.61 Å². The molecular weight excluding hydrogens is 352 g/mol. The highest BCUT2D eigenvalue weighted by molar-refractivity contribution is 5.78. The number of hydrogen-bond acceptors (Lipinski definition) is 4. The van der Waals surface area contributed by atoms with Crippen LogP contribution in [0.25, 0.3) is 11.4 Å². The lowest BCUT2D eigenvalue weighted by Gasteiger charge is -2.39. The van der Waals surface area contributed by atoms with Crippen molar-refractivity contribution in [3.8, 4) is 11.4 Å². The van der Waals surface area contributed by atoms with Crippen LogP contribution in [0.2, 0.25) is 0 Å². The number of aromatic nitrogens is 3. The largest absolute Gasteiger partial charge is 0.367 e. The van der Waals surface area contributed by atoms with Gasteiger partial charge in [-0.2, -0.15) is 0 Å². The SMILES string of the molecule is Cc1cnc(-c2ccncc2)n1CC1CN(C(=O)COCc2ccccc2)C1. The van der Waals surface area contributed by atoms with Gasteiger partial charge in [-0.1, -0.05) is 30.3 Å². The Balaban J connectivity index is 1.27. The van der Waals surface area contributed by atoms with E-state index in [2.05, 4.69) is 21.5 Å². The summed E-state index contributed by atoms with van der Waals surface area (Å²) in [4.78, 5) is 22.8. The number of aryl methyl sites for hydroxylation is 1. The average molecular weight is 376 g/mol. The number of carbonyl (C=O) groups is 1. The minimum atomic E-state index is 0.0592. The molecule has 1 aliphatic rings. The first-order valence-electron chi connectivity index (χ1n) is 9.52. The van der Waals surface area contributed by atoms with Crippen molar-refractivity contribution in [3.63, 3.8) is 0 Å². The van der Waals surface area contributed by atoms with Crippen molar-refractivity contribution in [2.75, 3.05) is 19.7 Å². The van der Waals surface area contributed by atoms with Crippen LogP contribution in [-0.4, -0.2) is 45.0 Å². The third-order valence-electron chi connectivity index (χ3n) is 5.08. The Labute approximate surface area is 164 Å². The van der Waals surface area contributed by atoms with Gasteiger partial charge >= 0.3 is 0 Å². The molecule has 0 bridgehead atoms. The maximum atomic E-state index is 12.3. The number of carbonyl (C=O) groups excluding carboxylic acids is 1. The van der Waals surface area contributed by atoms with Crippen molar-refractivity contribution in [1.29, 1.82) is 0 Å². The van der Waals surface area contributed by atoms with Gasteiger partial charge in [-0.05, 0) is 24.6 Å². The number of amides is 1. The van der Waals surface area contributed by atoms with E-state index in [0.29, 0.717) is 12.5 Å². The predicted octanol–water partition coefficient (Wildman–Crippen LogP) is 2.93. The second kappa shape index (κ2) is 8.35. The molecule has 6 heteroatoms. The first kappa shape index (κ1) is 18.4. The fourth-order valence-electron chi connectivity index (χ4n) is 3.49. The Kier molecular flexibility index (Phi) is 5.48. The number of likely N-dealkylation sites (tertiary alicyclic amines) is 1. The van der Waals surface area contributed by atoms with Crippen LogP contribution in [0.5, 0.6) is 0 Å². The molecule has 144 valence electrons. The lowest BCUT2D eigenvalue weighted by Crippen LogP contribution is -2.52. The number of rotatable bonds is 7. The molecule has 28 heavy (non-hydrogen) atoms. The van der Waals surface area contributed by atoms with E-state index in [1.807, 2.05) is 53.6 Å². The minimum absolute atomic E-state index is 0.0592. The molecule has 1 saturated heterocycles. The van der Waals surface area contributed by atoms with E-state index in [1.54, 1.807) is 12.4 Å². The van der Waals surface area contributed by atoms with E-state index in [-0.39, 0.29) is 12.5 Å². The van der Waals surface area contributed by atoms with Crippen molar-refractivity contribution < 1.29 is 9.53 Å². The summed E-state index contributed by atoms with van der Waals surface area (Å²) in [7, 11) is 0. The Morgan fingerprint density at radius 3 is 2.64 bits per heavy atom. The van der Waals surface area contributed by atoms with Crippen LogP contribution >= 0.6 is 0 Å². The zero-order chi connectivity index (χ0) is 19.3. The molecule has 0 spiro atoms. The molecule has 2 aromatic heterocycles. The van der Waals surface area contributed by atoms with Crippen molar-refractivity contribution in [3.05, 3.63) is 72.3 Å². The maximum Gasteiger partial charge on any atom is 0.248 e. The van der Waals surface area contributed by atoms with Gasteiger partial charge in [0.1, 0.15) is 12.4 Å². The topological polar surface area (TPSA) is 60.2 Å². The second-order valence-electron chi connectivity index (χ2n) is 7.21. The van der Waals surface area contributed by atoms with Crippen molar-refractivity contribution >= 4 is 5.91 Å². The third kappa shape index (κ3) is 4.12. The van der Waals surface area contributed by atoms with Gasteiger partial charge in [0.15, 0.2) is 0 Å². The molecule has 1 aliphatic heterocycles. The van der Waals surface area contributed by atoms with Crippen LogP contribution in [0.3, 0.4) is 0 Å². The van der Waals surface area contributed by atoms with Crippen molar-refractivity contribution in [1.82, 2.24) is 19.4 Å². The van der Waals surface area contributed by atoms with Crippen LogP contribution < -0.4 is 0 Å². The molecule has 0 atom stereocenters. The van der Waals surface area contributed by atoms with Crippen LogP contribution in [0.15, 0.2) is 61.1 Å². The average Bonchev–Trinajstić information content (AvgIpc) is 3.06. The summed E-state index contributed by atoms with van der Waals surface area (Å²) in [6.45, 7) is 5.05. The minimum Gasteiger partial charge on any atom is -0.367 e. The van der Waals surface area contributed by atoms with E-state index in [9.17, 15) is 4.79 Å². The summed E-state index contributed by atoms with van der Waals surface area (Å²) in [6.07, 6.45) is 5.46. The summed E-state index contributed by atoms with van der Waals surface area (Å²) in [5, 5.41) is 0. The monoisotopic (exact) mass is 376 g/mol. The number of imidazole rings is 1. The fourth-order valence-corrected chi connectivity index (χ4v) is 3.49. The molecule has 0 N–H and O–H groups in total. The van der Waals surface area contributed by atoms with Crippen LogP contribution in [-0.2, 0) is 22.7 Å². The summed E-state index contributed by atoms with van der Waals surface area (Å²) in [5.41, 5.74) is 3.27. The van der Waals surface area contributed by atoms with Gasteiger partial charge in [-0.3, -0.25) is 9.78 Å². The normalized spacial score (nSPS) is 14.1. The van der Waals surface area contributed by atoms with Crippen molar-refractivity contribution in [2.45, 2.75) is 20.1 Å². The standard InChI is InChI=1S/C22H24N4O2/c1-17-11-24-22(20-7-9-23-10-8-20)26(17)14-19-12-25(13-19)21(27)16-28-15-18-5-3-2-4-6-18/h2-11,19H,12-16H2,1H3. The summed E-state index contributed by atoms with van der Waals surface area (Å²) in [5.74, 6) is 1.45. The zero-order valence-electron chi connectivity index (χ0n) is 16.0. The Hall–Kier alpha value is -2.99. The number of benzene rings is 1. The fraction of sp³-hybridized carbons (Fsp3) is 0.318. The number of ether oxygens (including phenoxy) is 1. The van der Waals surface area contributed by atoms with Gasteiger partial charge in [0.2, 0.25) is 5.91 Å². The highest BCUT2D eigenvalue weighted by Crippen LogP contribution is 2.24. The van der Waals surface area contributed by atoms with Gasteiger partial charge in [-0.25, -0.2) is 4.98 Å². The first-order valence-corrected chi connectivity index (χ1v) is 9.52. The van der Waals surface area contributed by atoms with E-state index in [4.69, 9.17) is 4.74 Å². The number of hydrogen-bond donors (Lipinski definition) is 0. The molecule has 0 saturated carbocycles. The van der Waals surface area contributed by atoms with Gasteiger partial charge in [0, 0.05) is 55.4 Å². The van der Waals surface area contributed by atoms with Crippen LogP contribution in [0.4, 0.5) is 0 Å². The lowest BCUT2D eigenvalue weighted by atomic mass is 9.99. The molecule has 0 radical (unpaired) electrons. The number of pyridine rings is 1. The molecule has 1 aromatic carbocycles. The van der Waals surface area contributed by atoms with Gasteiger partial charge in [0.25, 0.3) is 0 Å². The summed E-state index contributed by atoms with van der Waals surface area (Å²) in [6, 6.07) is 13.8. The first-order chi connectivity index (χ1) is 13.7. The van der Waals surface area contributed by atoms with E-state index >= 15 is 0 Å². The summed E-state index contributed by atoms with van der Waals surface area (Å²) >= 11 is 0. The lowest BCUT2D eigenvalue weighted by molar-refractivity contribution is -0.143. The van der Waals surface area contributed by atoms with Gasteiger partial charge < -0.3 is 14.2 Å². The van der Waals surface area contributed by atoms with Crippen LogP contribution in [0.1, 0.15) is 11.3 Å². The molecule has 1 fully saturated rings. The number of nitrogens with zero attached hydrogens (tertiary/aromatic N) is 4. The molecule has 3 aromatic rings. The van der Waals surface area contributed by atoms with Gasteiger partial charge in [-0.15, -0.1) is 0 Å². The smallest absolute Gasteiger partial charge is 0.248 e. The molecule has 3 heterocycles. The molecule has 0 aliphatic carbocycles. The molecule has 4 rings (SSSR count). The summed E-state index contributed by atoms with van der Waals surface area (Å²) < 4.78 is 7.79. The molecule has 6 nitrogen and oxygen atoms in total. The Morgan fingerprint density at radius 2 is 1.89 bits per heavy atom. The third-order valence-corrected chi connectivity index (χ3v) is 5.08. The molecular formula is C22H24N4O2. The van der Waals surface area contributed by atoms with Crippen LogP contribution in [0, 0.1) is 12.8 Å². The highest BCUT2D eigenvalue weighted by Gasteiger charge is 2.31. The van der Waals surface area contributed by atoms with E-state index in [0.717, 1.165) is 42.3 Å². The second-order valence-corrected chi connectivity index (χ2v) is 7.21.